The van der Waals surface area contributed by atoms with Crippen LogP contribution in [-0.4, -0.2) is 39.8 Å². The third kappa shape index (κ3) is 2.85. The molecule has 34 heavy (non-hydrogen) atoms. The van der Waals surface area contributed by atoms with E-state index < -0.39 is 11.6 Å². The maximum Gasteiger partial charge on any atom is 0.173 e. The van der Waals surface area contributed by atoms with E-state index in [0.29, 0.717) is 28.4 Å². The number of hydrogen-bond donors (Lipinski definition) is 2. The summed E-state index contributed by atoms with van der Waals surface area (Å²) in [7, 11) is 1.85. The number of halogens is 2. The molecule has 2 aromatic carbocycles. The van der Waals surface area contributed by atoms with Gasteiger partial charge in [-0.1, -0.05) is 12.0 Å². The van der Waals surface area contributed by atoms with E-state index >= 15 is 4.39 Å². The van der Waals surface area contributed by atoms with Crippen molar-refractivity contribution in [1.29, 1.82) is 0 Å². The number of phenols is 1. The second-order valence-electron chi connectivity index (χ2n) is 9.32. The lowest BCUT2D eigenvalue weighted by atomic mass is 9.92. The van der Waals surface area contributed by atoms with Crippen molar-refractivity contribution in [2.75, 3.05) is 18.0 Å². The summed E-state index contributed by atoms with van der Waals surface area (Å²) in [5.74, 6) is 1.22. The van der Waals surface area contributed by atoms with Crippen LogP contribution in [0.3, 0.4) is 0 Å². The molecule has 2 aromatic heterocycles. The Hall–Kier alpha value is -3.63. The van der Waals surface area contributed by atoms with Gasteiger partial charge in [-0.3, -0.25) is 4.98 Å². The molecule has 7 rings (SSSR count). The molecule has 5 nitrogen and oxygen atoms in total. The molecule has 3 fully saturated rings. The molecule has 3 saturated heterocycles. The molecule has 0 aliphatic carbocycles. The number of pyridine rings is 1. The first-order valence-corrected chi connectivity index (χ1v) is 11.4. The van der Waals surface area contributed by atoms with Gasteiger partial charge in [0.25, 0.3) is 0 Å². The maximum absolute atomic E-state index is 16.2. The largest absolute Gasteiger partial charge is 0.508 e. The van der Waals surface area contributed by atoms with Crippen LogP contribution in [-0.2, 0) is 7.05 Å². The molecule has 4 aromatic rings. The Labute approximate surface area is 196 Å². The Kier molecular flexibility index (Phi) is 4.58. The van der Waals surface area contributed by atoms with Gasteiger partial charge in [-0.2, -0.15) is 0 Å². The number of benzene rings is 2. The van der Waals surface area contributed by atoms with Gasteiger partial charge in [0.15, 0.2) is 5.82 Å². The summed E-state index contributed by atoms with van der Waals surface area (Å²) in [5, 5.41) is 15.5. The van der Waals surface area contributed by atoms with E-state index in [-0.39, 0.29) is 22.6 Å². The summed E-state index contributed by atoms with van der Waals surface area (Å²) in [5.41, 5.74) is 2.74. The van der Waals surface area contributed by atoms with Crippen LogP contribution < -0.4 is 10.2 Å². The van der Waals surface area contributed by atoms with Gasteiger partial charge in [-0.15, -0.1) is 6.42 Å². The number of piperazine rings is 1. The monoisotopic (exact) mass is 458 g/mol. The van der Waals surface area contributed by atoms with Crippen LogP contribution in [0.1, 0.15) is 24.1 Å². The van der Waals surface area contributed by atoms with Crippen molar-refractivity contribution in [1.82, 2.24) is 14.9 Å². The Morgan fingerprint density at radius 3 is 2.74 bits per heavy atom. The molecule has 172 valence electrons. The van der Waals surface area contributed by atoms with Gasteiger partial charge in [-0.25, -0.2) is 8.78 Å². The number of phenolic OH excluding ortho intramolecular Hbond substituents is 1. The number of piperidine rings is 2. The molecule has 0 amide bonds. The molecule has 2 bridgehead atoms. The molecular formula is C27H24F2N4O. The van der Waals surface area contributed by atoms with Crippen molar-refractivity contribution in [2.45, 2.75) is 31.8 Å². The highest BCUT2D eigenvalue weighted by atomic mass is 19.1. The standard InChI is InChI=1S/C27H24F2N4O/c1-4-19-22(28)8-5-15-9-18(34)10-20(23(15)19)25-24(29)27-21(12-31-25)26(14(2)32(27)3)33-13-16-6-7-17(33)11-30-16/h1,5,8-10,12,16-17,30,34H,6-7,11,13H2,2-3H3/t16-,17-/m0/s1. The van der Waals surface area contributed by atoms with Crippen LogP contribution in [0.25, 0.3) is 32.9 Å². The minimum Gasteiger partial charge on any atom is -0.508 e. The van der Waals surface area contributed by atoms with Gasteiger partial charge < -0.3 is 19.9 Å². The third-order valence-corrected chi connectivity index (χ3v) is 7.52. The lowest BCUT2D eigenvalue weighted by molar-refractivity contribution is 0.290. The van der Waals surface area contributed by atoms with E-state index in [2.05, 4.69) is 21.1 Å². The molecule has 2 N–H and O–H groups in total. The Morgan fingerprint density at radius 1 is 1.24 bits per heavy atom. The summed E-state index contributed by atoms with van der Waals surface area (Å²) in [6, 6.07) is 6.46. The summed E-state index contributed by atoms with van der Waals surface area (Å²) >= 11 is 0. The van der Waals surface area contributed by atoms with Gasteiger partial charge in [0, 0.05) is 60.4 Å². The van der Waals surface area contributed by atoms with E-state index in [1.54, 1.807) is 6.20 Å². The van der Waals surface area contributed by atoms with Crippen molar-refractivity contribution >= 4 is 27.4 Å². The summed E-state index contributed by atoms with van der Waals surface area (Å²) < 4.78 is 32.6. The molecule has 2 atom stereocenters. The van der Waals surface area contributed by atoms with E-state index in [1.807, 2.05) is 18.5 Å². The van der Waals surface area contributed by atoms with Crippen LogP contribution in [0.15, 0.2) is 30.5 Å². The number of hydrogen-bond acceptors (Lipinski definition) is 4. The first-order chi connectivity index (χ1) is 16.4. The highest BCUT2D eigenvalue weighted by Crippen LogP contribution is 2.42. The highest BCUT2D eigenvalue weighted by Gasteiger charge is 2.36. The number of aromatic hydroxyl groups is 1. The minimum atomic E-state index is -0.575. The zero-order chi connectivity index (χ0) is 23.7. The minimum absolute atomic E-state index is 0.0226. The molecule has 0 saturated carbocycles. The van der Waals surface area contributed by atoms with E-state index in [1.165, 1.54) is 24.3 Å². The molecule has 7 heteroatoms. The second-order valence-corrected chi connectivity index (χ2v) is 9.32. The quantitative estimate of drug-likeness (QED) is 0.431. The van der Waals surface area contributed by atoms with Crippen molar-refractivity contribution in [3.8, 4) is 29.4 Å². The third-order valence-electron chi connectivity index (χ3n) is 7.52. The van der Waals surface area contributed by atoms with Crippen LogP contribution in [0.4, 0.5) is 14.5 Å². The summed E-state index contributed by atoms with van der Waals surface area (Å²) in [6.07, 6.45) is 9.56. The van der Waals surface area contributed by atoms with Gasteiger partial charge >= 0.3 is 0 Å². The summed E-state index contributed by atoms with van der Waals surface area (Å²) in [4.78, 5) is 6.90. The van der Waals surface area contributed by atoms with E-state index in [0.717, 1.165) is 42.7 Å². The molecule has 3 aliphatic heterocycles. The number of fused-ring (bicyclic) bond motifs is 5. The van der Waals surface area contributed by atoms with Crippen LogP contribution >= 0.6 is 0 Å². The smallest absolute Gasteiger partial charge is 0.173 e. The zero-order valence-corrected chi connectivity index (χ0v) is 19.0. The van der Waals surface area contributed by atoms with Gasteiger partial charge in [0.1, 0.15) is 17.3 Å². The number of nitrogens with zero attached hydrogens (tertiary/aromatic N) is 3. The van der Waals surface area contributed by atoms with Gasteiger partial charge in [0.2, 0.25) is 0 Å². The van der Waals surface area contributed by atoms with Gasteiger partial charge in [0.05, 0.1) is 16.8 Å². The number of aryl methyl sites for hydroxylation is 1. The number of anilines is 1. The number of nitrogens with one attached hydrogen (secondary N) is 1. The fraction of sp³-hybridized carbons (Fsp3) is 0.296. The number of terminal acetylenes is 1. The maximum atomic E-state index is 16.2. The lowest BCUT2D eigenvalue weighted by Gasteiger charge is -2.47. The second kappa shape index (κ2) is 7.44. The predicted molar refractivity (Wildman–Crippen MR) is 130 cm³/mol. The first-order valence-electron chi connectivity index (χ1n) is 11.4. The predicted octanol–water partition coefficient (Wildman–Crippen LogP) is 4.61. The SMILES string of the molecule is C#Cc1c(F)ccc2cc(O)cc(-c3ncc4c(N5C[C@@H]6CC[C@H]5CN6)c(C)n(C)c4c3F)c12. The normalized spacial score (nSPS) is 19.8. The molecule has 5 heterocycles. The van der Waals surface area contributed by atoms with Crippen molar-refractivity contribution < 1.29 is 13.9 Å². The van der Waals surface area contributed by atoms with E-state index in [4.69, 9.17) is 6.42 Å². The molecule has 0 unspecified atom stereocenters. The van der Waals surface area contributed by atoms with Crippen LogP contribution in [0.5, 0.6) is 5.75 Å². The molecule has 3 aliphatic rings. The van der Waals surface area contributed by atoms with E-state index in [9.17, 15) is 9.50 Å². The molecule has 0 radical (unpaired) electrons. The molecule has 0 spiro atoms. The number of rotatable bonds is 2. The first kappa shape index (κ1) is 20.9. The number of aromatic nitrogens is 2. The summed E-state index contributed by atoms with van der Waals surface area (Å²) in [6.45, 7) is 3.81. The Bertz CT molecular complexity index is 1530. The fourth-order valence-electron chi connectivity index (χ4n) is 5.79. The Balaban J connectivity index is 1.61. The highest BCUT2D eigenvalue weighted by molar-refractivity contribution is 6.04. The fourth-order valence-corrected chi connectivity index (χ4v) is 5.79. The van der Waals surface area contributed by atoms with Gasteiger partial charge in [-0.05, 0) is 43.4 Å². The van der Waals surface area contributed by atoms with Crippen molar-refractivity contribution in [3.05, 3.63) is 53.4 Å². The zero-order valence-electron chi connectivity index (χ0n) is 19.0. The topological polar surface area (TPSA) is 53.3 Å². The molecular weight excluding hydrogens is 434 g/mol. The lowest BCUT2D eigenvalue weighted by Crippen LogP contribution is -2.61. The average molecular weight is 459 g/mol. The van der Waals surface area contributed by atoms with Crippen molar-refractivity contribution in [3.63, 3.8) is 0 Å². The van der Waals surface area contributed by atoms with Crippen molar-refractivity contribution in [2.24, 2.45) is 7.05 Å². The van der Waals surface area contributed by atoms with Crippen LogP contribution in [0, 0.1) is 30.9 Å². The van der Waals surface area contributed by atoms with Crippen LogP contribution in [0.2, 0.25) is 0 Å². The average Bonchev–Trinajstić information content (AvgIpc) is 3.10. The Morgan fingerprint density at radius 2 is 2.06 bits per heavy atom.